The summed E-state index contributed by atoms with van der Waals surface area (Å²) in [6.45, 7) is 10.5. The Morgan fingerprint density at radius 1 is 0.931 bits per heavy atom. The van der Waals surface area contributed by atoms with Gasteiger partial charge >= 0.3 is 0 Å². The highest BCUT2D eigenvalue weighted by molar-refractivity contribution is 6.78. The molecule has 0 aliphatic heterocycles. The molecule has 0 spiro atoms. The molecule has 3 heterocycles. The van der Waals surface area contributed by atoms with Gasteiger partial charge in [0, 0.05) is 22.4 Å². The molecule has 5 aromatic rings. The van der Waals surface area contributed by atoms with E-state index in [1.807, 2.05) is 30.3 Å². The first-order chi connectivity index (χ1) is 13.6. The summed E-state index contributed by atoms with van der Waals surface area (Å²) in [4.78, 5) is 35.3. The average Bonchev–Trinajstić information content (AvgIpc) is 3.04. The van der Waals surface area contributed by atoms with Crippen molar-refractivity contribution in [3.8, 4) is 0 Å². The Kier molecular flexibility index (Phi) is 3.45. The molecule has 6 heteroatoms. The second-order valence-corrected chi connectivity index (χ2v) is 14.4. The Hall–Kier alpha value is -2.99. The van der Waals surface area contributed by atoms with Gasteiger partial charge in [0.1, 0.15) is 0 Å². The maximum absolute atomic E-state index is 13.7. The van der Waals surface area contributed by atoms with Crippen LogP contribution in [0.15, 0.2) is 52.2 Å². The highest BCUT2D eigenvalue weighted by Gasteiger charge is 2.40. The Bertz CT molecular complexity index is 1550. The molecule has 146 valence electrons. The second kappa shape index (κ2) is 5.54. The summed E-state index contributed by atoms with van der Waals surface area (Å²) in [6.07, 6.45) is 1.78. The fourth-order valence-electron chi connectivity index (χ4n) is 4.15. The van der Waals surface area contributed by atoms with Crippen molar-refractivity contribution >= 4 is 51.7 Å². The average molecular weight is 402 g/mol. The number of fused-ring (bicyclic) bond motifs is 4. The molecule has 0 saturated heterocycles. The topological polar surface area (TPSA) is 67.8 Å². The molecule has 0 aliphatic carbocycles. The van der Waals surface area contributed by atoms with Gasteiger partial charge in [0.15, 0.2) is 8.24 Å². The molecular weight excluding hydrogens is 378 g/mol. The van der Waals surface area contributed by atoms with Crippen molar-refractivity contribution in [3.63, 3.8) is 0 Å². The number of pyridine rings is 2. The maximum Gasteiger partial charge on any atom is 0.253 e. The lowest BCUT2D eigenvalue weighted by Crippen LogP contribution is -2.56. The standard InChI is InChI=1S/C23H23N3O2Si/c1-23(2,3)29(4,5)26-21(27)14-10-11-24-20-18(14)16(22(26)28)12-15-13-8-6-7-9-17(13)25-19(15)20/h6-12,24H,1-5H3. The van der Waals surface area contributed by atoms with Gasteiger partial charge in [-0.05, 0) is 23.2 Å². The van der Waals surface area contributed by atoms with Crippen LogP contribution in [0.2, 0.25) is 18.1 Å². The first kappa shape index (κ1) is 18.1. The molecule has 0 radical (unpaired) electrons. The molecule has 0 unspecified atom stereocenters. The number of hydrogen-bond acceptors (Lipinski definition) is 3. The number of nitrogens with one attached hydrogen (secondary N) is 1. The van der Waals surface area contributed by atoms with Crippen molar-refractivity contribution in [2.45, 2.75) is 38.9 Å². The van der Waals surface area contributed by atoms with Gasteiger partial charge < -0.3 is 9.22 Å². The third kappa shape index (κ3) is 2.23. The zero-order valence-corrected chi connectivity index (χ0v) is 18.3. The first-order valence-corrected chi connectivity index (χ1v) is 12.8. The van der Waals surface area contributed by atoms with Crippen LogP contribution in [-0.4, -0.2) is 22.4 Å². The molecule has 2 aromatic carbocycles. The van der Waals surface area contributed by atoms with Crippen molar-refractivity contribution in [1.29, 1.82) is 0 Å². The fraction of sp³-hybridized carbons (Fsp3) is 0.261. The van der Waals surface area contributed by atoms with Crippen LogP contribution in [0.25, 0.3) is 43.5 Å². The Morgan fingerprint density at radius 3 is 2.34 bits per heavy atom. The predicted molar refractivity (Wildman–Crippen MR) is 123 cm³/mol. The highest BCUT2D eigenvalue weighted by atomic mass is 28.3. The number of hydrogen-bond donors (Lipinski definition) is 1. The smallest absolute Gasteiger partial charge is 0.253 e. The minimum Gasteiger partial charge on any atom is -0.359 e. The number of nitrogens with zero attached hydrogens (tertiary/aromatic N) is 2. The predicted octanol–water partition coefficient (Wildman–Crippen LogP) is 4.84. The van der Waals surface area contributed by atoms with E-state index in [4.69, 9.17) is 4.98 Å². The van der Waals surface area contributed by atoms with Gasteiger partial charge in [0.25, 0.3) is 11.1 Å². The Labute approximate surface area is 168 Å². The van der Waals surface area contributed by atoms with Crippen LogP contribution in [0, 0.1) is 0 Å². The van der Waals surface area contributed by atoms with E-state index < -0.39 is 8.24 Å². The van der Waals surface area contributed by atoms with Gasteiger partial charge in [0.2, 0.25) is 0 Å². The number of H-pyrrole nitrogens is 1. The third-order valence-corrected chi connectivity index (χ3v) is 11.9. The molecule has 0 saturated carbocycles. The summed E-state index contributed by atoms with van der Waals surface area (Å²) in [7, 11) is -2.41. The second-order valence-electron chi connectivity index (χ2n) is 9.35. The van der Waals surface area contributed by atoms with Gasteiger partial charge in [-0.25, -0.2) is 4.98 Å². The van der Waals surface area contributed by atoms with E-state index in [0.29, 0.717) is 16.2 Å². The van der Waals surface area contributed by atoms with Gasteiger partial charge in [-0.1, -0.05) is 52.1 Å². The van der Waals surface area contributed by atoms with Crippen LogP contribution in [0.4, 0.5) is 0 Å². The quantitative estimate of drug-likeness (QED) is 0.409. The van der Waals surface area contributed by atoms with Gasteiger partial charge in [-0.2, -0.15) is 0 Å². The molecule has 0 amide bonds. The maximum atomic E-state index is 13.7. The van der Waals surface area contributed by atoms with Gasteiger partial charge in [-0.15, -0.1) is 0 Å². The largest absolute Gasteiger partial charge is 0.359 e. The summed E-state index contributed by atoms with van der Waals surface area (Å²) in [5.41, 5.74) is 2.06. The molecule has 1 N–H and O–H groups in total. The molecule has 5 rings (SSSR count). The highest BCUT2D eigenvalue weighted by Crippen LogP contribution is 2.37. The summed E-state index contributed by atoms with van der Waals surface area (Å²) in [5.74, 6) is 0. The van der Waals surface area contributed by atoms with E-state index in [1.165, 1.54) is 0 Å². The van der Waals surface area contributed by atoms with E-state index >= 15 is 0 Å². The minimum absolute atomic E-state index is 0.144. The number of benzene rings is 2. The lowest BCUT2D eigenvalue weighted by molar-refractivity contribution is 0.692. The first-order valence-electron chi connectivity index (χ1n) is 9.84. The fourth-order valence-corrected chi connectivity index (χ4v) is 6.08. The normalized spacial score (nSPS) is 13.3. The van der Waals surface area contributed by atoms with E-state index in [1.54, 1.807) is 16.5 Å². The number of aromatic amines is 1. The van der Waals surface area contributed by atoms with Crippen LogP contribution in [-0.2, 0) is 0 Å². The summed E-state index contributed by atoms with van der Waals surface area (Å²) >= 11 is 0. The minimum atomic E-state index is -2.41. The van der Waals surface area contributed by atoms with Crippen molar-refractivity contribution in [2.75, 3.05) is 0 Å². The van der Waals surface area contributed by atoms with E-state index in [-0.39, 0.29) is 16.2 Å². The van der Waals surface area contributed by atoms with Gasteiger partial charge in [-0.3, -0.25) is 9.59 Å². The molecule has 0 aliphatic rings. The zero-order chi connectivity index (χ0) is 20.7. The molecule has 0 atom stereocenters. The molecule has 29 heavy (non-hydrogen) atoms. The van der Waals surface area contributed by atoms with Crippen molar-refractivity contribution < 1.29 is 0 Å². The molecule has 5 nitrogen and oxygen atoms in total. The van der Waals surface area contributed by atoms with Crippen LogP contribution in [0.5, 0.6) is 0 Å². The third-order valence-electron chi connectivity index (χ3n) is 6.73. The lowest BCUT2D eigenvalue weighted by atomic mass is 10.0. The van der Waals surface area contributed by atoms with Gasteiger partial charge in [0.05, 0.1) is 27.3 Å². The summed E-state index contributed by atoms with van der Waals surface area (Å²) in [5, 5.41) is 3.66. The zero-order valence-electron chi connectivity index (χ0n) is 17.3. The SMILES string of the molecule is CC(C)(C)[Si](C)(C)n1c(=O)c2cc[nH]c3c4nc5ccccc5c4cc(c1=O)c23. The monoisotopic (exact) mass is 401 g/mol. The number of aromatic nitrogens is 3. The van der Waals surface area contributed by atoms with Crippen LogP contribution in [0.1, 0.15) is 20.8 Å². The molecular formula is C23H23N3O2Si. The molecule has 3 aromatic heterocycles. The van der Waals surface area contributed by atoms with E-state index in [9.17, 15) is 9.59 Å². The number of para-hydroxylation sites is 1. The van der Waals surface area contributed by atoms with E-state index in [0.717, 1.165) is 27.3 Å². The molecule has 0 bridgehead atoms. The summed E-state index contributed by atoms with van der Waals surface area (Å²) < 4.78 is 1.58. The van der Waals surface area contributed by atoms with Crippen molar-refractivity contribution in [2.24, 2.45) is 0 Å². The van der Waals surface area contributed by atoms with E-state index in [2.05, 4.69) is 38.8 Å². The Balaban J connectivity index is 2.09. The van der Waals surface area contributed by atoms with Crippen LogP contribution < -0.4 is 11.1 Å². The number of rotatable bonds is 1. The van der Waals surface area contributed by atoms with Crippen LogP contribution in [0.3, 0.4) is 0 Å². The molecule has 0 fully saturated rings. The van der Waals surface area contributed by atoms with Crippen molar-refractivity contribution in [1.82, 2.24) is 14.2 Å². The van der Waals surface area contributed by atoms with Crippen molar-refractivity contribution in [3.05, 3.63) is 63.3 Å². The lowest BCUT2D eigenvalue weighted by Gasteiger charge is -2.37. The Morgan fingerprint density at radius 2 is 1.62 bits per heavy atom. The summed E-state index contributed by atoms with van der Waals surface area (Å²) in [6, 6.07) is 11.6. The van der Waals surface area contributed by atoms with Crippen LogP contribution >= 0.6 is 0 Å².